The van der Waals surface area contributed by atoms with Gasteiger partial charge >= 0.3 is 6.01 Å². The lowest BCUT2D eigenvalue weighted by atomic mass is 10.1. The third kappa shape index (κ3) is 1.57. The summed E-state index contributed by atoms with van der Waals surface area (Å²) < 4.78 is 6.86. The Morgan fingerprint density at radius 2 is 1.92 bits per heavy atom. The van der Waals surface area contributed by atoms with E-state index in [1.807, 2.05) is 6.92 Å². The third-order valence-electron chi connectivity index (χ3n) is 1.50. The first-order valence-electron chi connectivity index (χ1n) is 3.93. The topological polar surface area (TPSA) is 39.9 Å². The smallest absolute Gasteiger partial charge is 0.315 e. The van der Waals surface area contributed by atoms with Gasteiger partial charge in [-0.15, -0.1) is 0 Å². The lowest BCUT2D eigenvalue weighted by Gasteiger charge is -2.19. The highest BCUT2D eigenvalue weighted by Gasteiger charge is 2.20. The van der Waals surface area contributed by atoms with E-state index >= 15 is 0 Å². The molecule has 0 bridgehead atoms. The highest BCUT2D eigenvalue weighted by atomic mass is 16.5. The molecule has 0 unspecified atom stereocenters. The van der Waals surface area contributed by atoms with Crippen LogP contribution in [0.5, 0.6) is 6.01 Å². The van der Waals surface area contributed by atoms with Gasteiger partial charge in [0.15, 0.2) is 5.82 Å². The summed E-state index contributed by atoms with van der Waals surface area (Å²) in [5, 5.41) is 4.23. The molecule has 0 saturated carbocycles. The number of nitrogens with zero attached hydrogens (tertiary/aromatic N) is 3. The SMILES string of the molecule is COc1nc(C)nn1C(C)(C)C. The molecular weight excluding hydrogens is 154 g/mol. The minimum absolute atomic E-state index is 0.0768. The molecule has 0 spiro atoms. The molecule has 4 nitrogen and oxygen atoms in total. The number of hydrogen-bond acceptors (Lipinski definition) is 3. The van der Waals surface area contributed by atoms with E-state index < -0.39 is 0 Å². The van der Waals surface area contributed by atoms with Gasteiger partial charge in [0, 0.05) is 0 Å². The van der Waals surface area contributed by atoms with Crippen LogP contribution in [0.2, 0.25) is 0 Å². The predicted octanol–water partition coefficient (Wildman–Crippen LogP) is 1.35. The Hall–Kier alpha value is -1.06. The maximum Gasteiger partial charge on any atom is 0.315 e. The summed E-state index contributed by atoms with van der Waals surface area (Å²) in [7, 11) is 1.60. The summed E-state index contributed by atoms with van der Waals surface area (Å²) in [5.41, 5.74) is -0.0768. The molecule has 0 aliphatic heterocycles. The zero-order valence-electron chi connectivity index (χ0n) is 8.25. The monoisotopic (exact) mass is 169 g/mol. The van der Waals surface area contributed by atoms with Gasteiger partial charge < -0.3 is 4.74 Å². The van der Waals surface area contributed by atoms with Crippen molar-refractivity contribution in [2.24, 2.45) is 0 Å². The van der Waals surface area contributed by atoms with E-state index in [2.05, 4.69) is 30.9 Å². The number of hydrogen-bond donors (Lipinski definition) is 0. The van der Waals surface area contributed by atoms with Gasteiger partial charge in [0.05, 0.1) is 12.6 Å². The lowest BCUT2D eigenvalue weighted by molar-refractivity contribution is 0.275. The fourth-order valence-electron chi connectivity index (χ4n) is 0.965. The fourth-order valence-corrected chi connectivity index (χ4v) is 0.965. The molecule has 0 radical (unpaired) electrons. The summed E-state index contributed by atoms with van der Waals surface area (Å²) in [4.78, 5) is 4.13. The highest BCUT2D eigenvalue weighted by Crippen LogP contribution is 2.19. The molecule has 0 atom stereocenters. The molecule has 1 aromatic rings. The van der Waals surface area contributed by atoms with Crippen LogP contribution in [0.1, 0.15) is 26.6 Å². The number of ether oxygens (including phenoxy) is 1. The molecule has 0 amide bonds. The Balaban J connectivity index is 3.13. The maximum absolute atomic E-state index is 5.08. The summed E-state index contributed by atoms with van der Waals surface area (Å²) in [6, 6.07) is 0.569. The molecule has 68 valence electrons. The first-order valence-corrected chi connectivity index (χ1v) is 3.93. The molecule has 12 heavy (non-hydrogen) atoms. The van der Waals surface area contributed by atoms with E-state index in [0.717, 1.165) is 5.82 Å². The second-order valence-electron chi connectivity index (χ2n) is 3.73. The van der Waals surface area contributed by atoms with Gasteiger partial charge in [-0.1, -0.05) is 0 Å². The second-order valence-corrected chi connectivity index (χ2v) is 3.73. The first-order chi connectivity index (χ1) is 5.45. The highest BCUT2D eigenvalue weighted by molar-refractivity contribution is 5.00. The van der Waals surface area contributed by atoms with E-state index in [0.29, 0.717) is 6.01 Å². The normalized spacial score (nSPS) is 11.8. The van der Waals surface area contributed by atoms with Crippen LogP contribution in [0.15, 0.2) is 0 Å². The van der Waals surface area contributed by atoms with E-state index in [-0.39, 0.29) is 5.54 Å². The molecule has 0 fully saturated rings. The van der Waals surface area contributed by atoms with Gasteiger partial charge in [-0.3, -0.25) is 0 Å². The summed E-state index contributed by atoms with van der Waals surface area (Å²) >= 11 is 0. The number of aromatic nitrogens is 3. The largest absolute Gasteiger partial charge is 0.467 e. The Morgan fingerprint density at radius 3 is 2.25 bits per heavy atom. The van der Waals surface area contributed by atoms with Crippen LogP contribution in [-0.2, 0) is 5.54 Å². The van der Waals surface area contributed by atoms with Gasteiger partial charge in [0.1, 0.15) is 0 Å². The van der Waals surface area contributed by atoms with Crippen LogP contribution >= 0.6 is 0 Å². The molecule has 0 aromatic carbocycles. The molecule has 1 rings (SSSR count). The van der Waals surface area contributed by atoms with E-state index in [1.54, 1.807) is 11.8 Å². The molecule has 1 aromatic heterocycles. The van der Waals surface area contributed by atoms with Crippen LogP contribution < -0.4 is 4.74 Å². The van der Waals surface area contributed by atoms with E-state index in [1.165, 1.54) is 0 Å². The zero-order valence-corrected chi connectivity index (χ0v) is 8.25. The van der Waals surface area contributed by atoms with Gasteiger partial charge in [0.25, 0.3) is 0 Å². The second kappa shape index (κ2) is 2.77. The molecule has 1 heterocycles. The maximum atomic E-state index is 5.08. The van der Waals surface area contributed by atoms with Crippen LogP contribution in [-0.4, -0.2) is 21.9 Å². The predicted molar refractivity (Wildman–Crippen MR) is 46.3 cm³/mol. The molecule has 0 aliphatic carbocycles. The molecule has 0 N–H and O–H groups in total. The minimum atomic E-state index is -0.0768. The molecule has 0 saturated heterocycles. The van der Waals surface area contributed by atoms with Crippen molar-refractivity contribution in [3.05, 3.63) is 5.82 Å². The number of aryl methyl sites for hydroxylation is 1. The van der Waals surface area contributed by atoms with Gasteiger partial charge in [-0.05, 0) is 27.7 Å². The van der Waals surface area contributed by atoms with Crippen LogP contribution in [0.3, 0.4) is 0 Å². The van der Waals surface area contributed by atoms with Crippen molar-refractivity contribution in [2.75, 3.05) is 7.11 Å². The average molecular weight is 169 g/mol. The zero-order chi connectivity index (χ0) is 9.35. The van der Waals surface area contributed by atoms with Crippen LogP contribution in [0.25, 0.3) is 0 Å². The van der Waals surface area contributed by atoms with Gasteiger partial charge in [-0.25, -0.2) is 4.68 Å². The van der Waals surface area contributed by atoms with Crippen molar-refractivity contribution in [3.8, 4) is 6.01 Å². The summed E-state index contributed by atoms with van der Waals surface area (Å²) in [6.45, 7) is 8.03. The van der Waals surface area contributed by atoms with Crippen LogP contribution in [0.4, 0.5) is 0 Å². The Kier molecular flexibility index (Phi) is 2.08. The minimum Gasteiger partial charge on any atom is -0.467 e. The average Bonchev–Trinajstić information content (AvgIpc) is 2.29. The Bertz CT molecular complexity index is 272. The number of methoxy groups -OCH3 is 1. The molecular formula is C8H15N3O. The van der Waals surface area contributed by atoms with Crippen molar-refractivity contribution in [3.63, 3.8) is 0 Å². The van der Waals surface area contributed by atoms with E-state index in [4.69, 9.17) is 4.74 Å². The van der Waals surface area contributed by atoms with Gasteiger partial charge in [0.2, 0.25) is 0 Å². The van der Waals surface area contributed by atoms with Crippen molar-refractivity contribution < 1.29 is 4.74 Å². The van der Waals surface area contributed by atoms with Crippen molar-refractivity contribution in [1.82, 2.24) is 14.8 Å². The summed E-state index contributed by atoms with van der Waals surface area (Å²) in [5.74, 6) is 0.738. The number of rotatable bonds is 1. The first kappa shape index (κ1) is 9.03. The van der Waals surface area contributed by atoms with Crippen molar-refractivity contribution in [1.29, 1.82) is 0 Å². The van der Waals surface area contributed by atoms with Crippen LogP contribution in [0, 0.1) is 6.92 Å². The van der Waals surface area contributed by atoms with Crippen molar-refractivity contribution in [2.45, 2.75) is 33.2 Å². The third-order valence-corrected chi connectivity index (χ3v) is 1.50. The molecule has 4 heteroatoms. The summed E-state index contributed by atoms with van der Waals surface area (Å²) in [6.07, 6.45) is 0. The Labute approximate surface area is 72.6 Å². The standard InChI is InChI=1S/C8H15N3O/c1-6-9-7(12-5)11(10-6)8(2,3)4/h1-5H3. The lowest BCUT2D eigenvalue weighted by Crippen LogP contribution is -2.23. The molecule has 0 aliphatic rings. The van der Waals surface area contributed by atoms with E-state index in [9.17, 15) is 0 Å². The van der Waals surface area contributed by atoms with Gasteiger partial charge in [-0.2, -0.15) is 10.1 Å². The Morgan fingerprint density at radius 1 is 1.33 bits per heavy atom. The van der Waals surface area contributed by atoms with Crippen molar-refractivity contribution >= 4 is 0 Å². The quantitative estimate of drug-likeness (QED) is 0.637. The fraction of sp³-hybridized carbons (Fsp3) is 0.750.